The number of aliphatic hydroxyl groups excluding tert-OH is 1. The first kappa shape index (κ1) is 16.6. The Kier molecular flexibility index (Phi) is 4.84. The minimum absolute atomic E-state index is 0.184. The van der Waals surface area contributed by atoms with Gasteiger partial charge in [-0.05, 0) is 51.3 Å². The number of aryl methyl sites for hydroxylation is 1. The fraction of sp³-hybridized carbons (Fsp3) is 0.778. The molecule has 0 radical (unpaired) electrons. The maximum Gasteiger partial charge on any atom is 0.0812 e. The lowest BCUT2D eigenvalue weighted by molar-refractivity contribution is 0.0971. The summed E-state index contributed by atoms with van der Waals surface area (Å²) in [4.78, 5) is 2.47. The Labute approximate surface area is 130 Å². The van der Waals surface area contributed by atoms with Gasteiger partial charge in [0.1, 0.15) is 0 Å². The molecule has 1 aliphatic carbocycles. The first-order valence-electron chi connectivity index (χ1n) is 8.40. The number of aliphatic hydroxyl groups is 1. The third-order valence-electron chi connectivity index (χ3n) is 4.98. The summed E-state index contributed by atoms with van der Waals surface area (Å²) in [5.74, 6) is 0. The van der Waals surface area contributed by atoms with E-state index in [0.29, 0.717) is 6.04 Å². The molecule has 0 amide bonds. The van der Waals surface area contributed by atoms with E-state index in [9.17, 15) is 5.11 Å². The van der Waals surface area contributed by atoms with Gasteiger partial charge in [0, 0.05) is 29.5 Å². The second-order valence-electron chi connectivity index (χ2n) is 7.45. The van der Waals surface area contributed by atoms with Crippen molar-refractivity contribution in [2.24, 2.45) is 5.41 Å². The average Bonchev–Trinajstić information content (AvgIpc) is 2.71. The van der Waals surface area contributed by atoms with Gasteiger partial charge in [-0.3, -0.25) is 0 Å². The molecule has 0 bridgehead atoms. The van der Waals surface area contributed by atoms with Crippen molar-refractivity contribution in [2.75, 3.05) is 19.6 Å². The predicted molar refractivity (Wildman–Crippen MR) is 88.7 cm³/mol. The minimum atomic E-state index is -0.302. The summed E-state index contributed by atoms with van der Waals surface area (Å²) < 4.78 is 2.47. The van der Waals surface area contributed by atoms with Crippen molar-refractivity contribution in [1.82, 2.24) is 9.47 Å². The van der Waals surface area contributed by atoms with E-state index >= 15 is 0 Å². The van der Waals surface area contributed by atoms with Gasteiger partial charge in [0.2, 0.25) is 0 Å². The smallest absolute Gasteiger partial charge is 0.0812 e. The molecule has 120 valence electrons. The van der Waals surface area contributed by atoms with Crippen LogP contribution in [0.25, 0.3) is 0 Å². The highest BCUT2D eigenvalue weighted by Gasteiger charge is 2.34. The summed E-state index contributed by atoms with van der Waals surface area (Å²) in [6.45, 7) is 16.7. The van der Waals surface area contributed by atoms with Crippen LogP contribution < -0.4 is 0 Å². The lowest BCUT2D eigenvalue weighted by atomic mass is 9.75. The van der Waals surface area contributed by atoms with Crippen LogP contribution in [0.1, 0.15) is 70.1 Å². The van der Waals surface area contributed by atoms with E-state index in [0.717, 1.165) is 32.5 Å². The third kappa shape index (κ3) is 3.35. The van der Waals surface area contributed by atoms with E-state index in [1.54, 1.807) is 0 Å². The number of rotatable bonds is 5. The van der Waals surface area contributed by atoms with Gasteiger partial charge in [-0.1, -0.05) is 27.7 Å². The Morgan fingerprint density at radius 3 is 2.57 bits per heavy atom. The molecule has 0 saturated heterocycles. The van der Waals surface area contributed by atoms with E-state index in [2.05, 4.69) is 57.1 Å². The van der Waals surface area contributed by atoms with Crippen LogP contribution in [-0.2, 0) is 6.42 Å². The van der Waals surface area contributed by atoms with Gasteiger partial charge in [-0.15, -0.1) is 0 Å². The average molecular weight is 292 g/mol. The Morgan fingerprint density at radius 1 is 1.38 bits per heavy atom. The lowest BCUT2D eigenvalue weighted by Crippen LogP contribution is -2.32. The maximum atomic E-state index is 10.5. The Morgan fingerprint density at radius 2 is 2.00 bits per heavy atom. The van der Waals surface area contributed by atoms with Gasteiger partial charge < -0.3 is 14.6 Å². The zero-order valence-corrected chi connectivity index (χ0v) is 14.6. The molecule has 0 spiro atoms. The highest BCUT2D eigenvalue weighted by Crippen LogP contribution is 2.42. The molecule has 0 fully saturated rings. The second-order valence-corrected chi connectivity index (χ2v) is 7.45. The maximum absolute atomic E-state index is 10.5. The molecule has 1 N–H and O–H groups in total. The molecule has 1 aromatic heterocycles. The van der Waals surface area contributed by atoms with E-state index < -0.39 is 0 Å². The van der Waals surface area contributed by atoms with Crippen LogP contribution in [0.15, 0.2) is 6.07 Å². The van der Waals surface area contributed by atoms with Gasteiger partial charge >= 0.3 is 0 Å². The molecule has 1 aromatic rings. The molecule has 21 heavy (non-hydrogen) atoms. The fourth-order valence-corrected chi connectivity index (χ4v) is 3.92. The van der Waals surface area contributed by atoms with Gasteiger partial charge in [0.05, 0.1) is 6.10 Å². The quantitative estimate of drug-likeness (QED) is 0.896. The molecule has 3 heteroatoms. The van der Waals surface area contributed by atoms with Crippen LogP contribution in [0.2, 0.25) is 0 Å². The summed E-state index contributed by atoms with van der Waals surface area (Å²) in [7, 11) is 0. The summed E-state index contributed by atoms with van der Waals surface area (Å²) >= 11 is 0. The Balaban J connectivity index is 2.33. The molecular formula is C18H32N2O. The molecule has 2 rings (SSSR count). The molecular weight excluding hydrogens is 260 g/mol. The predicted octanol–water partition coefficient (Wildman–Crippen LogP) is 3.71. The van der Waals surface area contributed by atoms with Crippen molar-refractivity contribution in [3.63, 3.8) is 0 Å². The fourth-order valence-electron chi connectivity index (χ4n) is 3.92. The number of fused-ring (bicyclic) bond motifs is 1. The van der Waals surface area contributed by atoms with E-state index in [1.807, 2.05) is 0 Å². The van der Waals surface area contributed by atoms with Crippen molar-refractivity contribution in [1.29, 1.82) is 0 Å². The zero-order chi connectivity index (χ0) is 15.8. The van der Waals surface area contributed by atoms with E-state index in [-0.39, 0.29) is 11.5 Å². The number of likely N-dealkylation sites (N-methyl/N-ethyl adjacent to an activating group) is 1. The first-order valence-corrected chi connectivity index (χ1v) is 8.40. The van der Waals surface area contributed by atoms with Crippen LogP contribution in [0.4, 0.5) is 0 Å². The van der Waals surface area contributed by atoms with Gasteiger partial charge in [-0.2, -0.15) is 0 Å². The van der Waals surface area contributed by atoms with Crippen molar-refractivity contribution in [3.05, 3.63) is 23.0 Å². The summed E-state index contributed by atoms with van der Waals surface area (Å²) in [5, 5.41) is 10.5. The van der Waals surface area contributed by atoms with Crippen molar-refractivity contribution in [2.45, 2.75) is 66.5 Å². The molecule has 3 nitrogen and oxygen atoms in total. The Hall–Kier alpha value is -0.800. The topological polar surface area (TPSA) is 28.4 Å². The lowest BCUT2D eigenvalue weighted by Gasteiger charge is -2.35. The van der Waals surface area contributed by atoms with Gasteiger partial charge in [-0.25, -0.2) is 0 Å². The van der Waals surface area contributed by atoms with Crippen molar-refractivity contribution < 1.29 is 5.11 Å². The number of aromatic nitrogens is 1. The molecule has 2 atom stereocenters. The van der Waals surface area contributed by atoms with Gasteiger partial charge in [0.25, 0.3) is 0 Å². The zero-order valence-electron chi connectivity index (χ0n) is 14.6. The van der Waals surface area contributed by atoms with E-state index in [4.69, 9.17) is 0 Å². The summed E-state index contributed by atoms with van der Waals surface area (Å²) in [5.41, 5.74) is 4.00. The van der Waals surface area contributed by atoms with Crippen LogP contribution in [-0.4, -0.2) is 34.2 Å². The van der Waals surface area contributed by atoms with Crippen LogP contribution >= 0.6 is 0 Å². The highest BCUT2D eigenvalue weighted by molar-refractivity contribution is 5.33. The van der Waals surface area contributed by atoms with Crippen LogP contribution in [0, 0.1) is 12.3 Å². The normalized spacial score (nSPS) is 22.4. The standard InChI is InChI=1S/C18H32N2O/c1-7-19(8-2)12-14(4)20-13(3)9-15-16(20)10-18(5,6)11-17(15)21/h9,14,17,21H,7-8,10-12H2,1-6H3. The molecule has 0 saturated carbocycles. The SMILES string of the molecule is CCN(CC)CC(C)n1c(C)cc2c1CC(C)(C)CC2O. The molecule has 0 aliphatic heterocycles. The minimum Gasteiger partial charge on any atom is -0.388 e. The van der Waals surface area contributed by atoms with Crippen LogP contribution in [0.3, 0.4) is 0 Å². The monoisotopic (exact) mass is 292 g/mol. The first-order chi connectivity index (χ1) is 9.79. The summed E-state index contributed by atoms with van der Waals surface area (Å²) in [6, 6.07) is 2.66. The second kappa shape index (κ2) is 6.13. The number of hydrogen-bond donors (Lipinski definition) is 1. The Bertz CT molecular complexity index is 486. The summed E-state index contributed by atoms with van der Waals surface area (Å²) in [6.07, 6.45) is 1.63. The molecule has 1 heterocycles. The van der Waals surface area contributed by atoms with E-state index in [1.165, 1.54) is 17.0 Å². The van der Waals surface area contributed by atoms with Crippen LogP contribution in [0.5, 0.6) is 0 Å². The third-order valence-corrected chi connectivity index (χ3v) is 4.98. The number of hydrogen-bond acceptors (Lipinski definition) is 2. The molecule has 0 aromatic carbocycles. The van der Waals surface area contributed by atoms with Crippen molar-refractivity contribution in [3.8, 4) is 0 Å². The number of nitrogens with zero attached hydrogens (tertiary/aromatic N) is 2. The van der Waals surface area contributed by atoms with Gasteiger partial charge in [0.15, 0.2) is 0 Å². The molecule has 1 aliphatic rings. The molecule has 2 unspecified atom stereocenters. The largest absolute Gasteiger partial charge is 0.388 e. The highest BCUT2D eigenvalue weighted by atomic mass is 16.3. The van der Waals surface area contributed by atoms with Crippen molar-refractivity contribution >= 4 is 0 Å².